The number of rotatable bonds is 2. The van der Waals surface area contributed by atoms with Crippen LogP contribution in [0.1, 0.15) is 12.5 Å². The zero-order valence-corrected chi connectivity index (χ0v) is 14.5. The van der Waals surface area contributed by atoms with Gasteiger partial charge in [-0.05, 0) is 55.8 Å². The summed E-state index contributed by atoms with van der Waals surface area (Å²) in [7, 11) is 0. The molecule has 2 aromatic carbocycles. The Morgan fingerprint density at radius 3 is 2.67 bits per heavy atom. The van der Waals surface area contributed by atoms with Gasteiger partial charge in [-0.15, -0.1) is 0 Å². The lowest BCUT2D eigenvalue weighted by Gasteiger charge is -2.33. The monoisotopic (exact) mass is 364 g/mol. The summed E-state index contributed by atoms with van der Waals surface area (Å²) < 4.78 is 5.67. The van der Waals surface area contributed by atoms with E-state index in [2.05, 4.69) is 10.6 Å². The number of hydrogen-bond acceptors (Lipinski definition) is 3. The second-order valence-corrected chi connectivity index (χ2v) is 6.49. The van der Waals surface area contributed by atoms with Gasteiger partial charge in [0.05, 0.1) is 5.69 Å². The van der Waals surface area contributed by atoms with Crippen LogP contribution in [0.5, 0.6) is 5.75 Å². The molecule has 2 aromatic rings. The molecule has 3 rings (SSSR count). The Morgan fingerprint density at radius 2 is 1.96 bits per heavy atom. The van der Waals surface area contributed by atoms with Crippen LogP contribution in [0, 0.1) is 6.92 Å². The second-order valence-electron chi connectivity index (χ2n) is 5.65. The predicted molar refractivity (Wildman–Crippen MR) is 93.9 cm³/mol. The highest BCUT2D eigenvalue weighted by Crippen LogP contribution is 2.36. The van der Waals surface area contributed by atoms with Gasteiger partial charge in [0.25, 0.3) is 17.4 Å². The first-order chi connectivity index (χ1) is 11.3. The molecule has 1 unspecified atom stereocenters. The molecule has 5 nitrogen and oxygen atoms in total. The summed E-state index contributed by atoms with van der Waals surface area (Å²) >= 11 is 11.9. The lowest BCUT2D eigenvalue weighted by atomic mass is 10.0. The van der Waals surface area contributed by atoms with Crippen LogP contribution in [0.25, 0.3) is 0 Å². The van der Waals surface area contributed by atoms with E-state index in [1.165, 1.54) is 6.92 Å². The van der Waals surface area contributed by atoms with Crippen molar-refractivity contribution in [2.75, 3.05) is 10.6 Å². The fourth-order valence-electron chi connectivity index (χ4n) is 2.32. The minimum absolute atomic E-state index is 0.379. The van der Waals surface area contributed by atoms with E-state index in [-0.39, 0.29) is 0 Å². The fraction of sp³-hybridized carbons (Fsp3) is 0.176. The van der Waals surface area contributed by atoms with Crippen LogP contribution in [-0.4, -0.2) is 17.4 Å². The molecule has 0 aromatic heterocycles. The van der Waals surface area contributed by atoms with Crippen LogP contribution in [-0.2, 0) is 9.59 Å². The predicted octanol–water partition coefficient (Wildman–Crippen LogP) is 4.03. The zero-order valence-electron chi connectivity index (χ0n) is 12.9. The first-order valence-electron chi connectivity index (χ1n) is 7.17. The largest absolute Gasteiger partial charge is 0.466 e. The van der Waals surface area contributed by atoms with E-state index in [0.29, 0.717) is 27.2 Å². The van der Waals surface area contributed by atoms with Crippen molar-refractivity contribution in [1.82, 2.24) is 0 Å². The van der Waals surface area contributed by atoms with Crippen LogP contribution < -0.4 is 15.4 Å². The van der Waals surface area contributed by atoms with Gasteiger partial charge in [0.15, 0.2) is 0 Å². The van der Waals surface area contributed by atoms with E-state index in [1.807, 2.05) is 6.92 Å². The van der Waals surface area contributed by atoms with Gasteiger partial charge < -0.3 is 15.4 Å². The van der Waals surface area contributed by atoms with Crippen LogP contribution >= 0.6 is 23.2 Å². The maximum atomic E-state index is 12.6. The number of halogens is 2. The van der Waals surface area contributed by atoms with E-state index in [0.717, 1.165) is 5.56 Å². The molecule has 0 bridgehead atoms. The van der Waals surface area contributed by atoms with Gasteiger partial charge in [-0.25, -0.2) is 0 Å². The van der Waals surface area contributed by atoms with Crippen molar-refractivity contribution in [3.8, 4) is 5.75 Å². The number of aryl methyl sites for hydroxylation is 1. The van der Waals surface area contributed by atoms with Crippen molar-refractivity contribution in [1.29, 1.82) is 0 Å². The van der Waals surface area contributed by atoms with Gasteiger partial charge >= 0.3 is 0 Å². The molecule has 1 aliphatic rings. The van der Waals surface area contributed by atoms with Gasteiger partial charge in [-0.2, -0.15) is 0 Å². The summed E-state index contributed by atoms with van der Waals surface area (Å²) in [6.45, 7) is 3.24. The van der Waals surface area contributed by atoms with Crippen molar-refractivity contribution in [2.24, 2.45) is 0 Å². The Bertz CT molecular complexity index is 854. The SMILES string of the molecule is Cc1cc(NC(=O)C2(C)Oc3ccc(Cl)cc3NC2=O)ccc1Cl. The van der Waals surface area contributed by atoms with E-state index in [9.17, 15) is 9.59 Å². The summed E-state index contributed by atoms with van der Waals surface area (Å²) in [5.74, 6) is -0.772. The van der Waals surface area contributed by atoms with Gasteiger partial charge in [0, 0.05) is 15.7 Å². The Kier molecular flexibility index (Phi) is 4.15. The average molecular weight is 365 g/mol. The van der Waals surface area contributed by atoms with Gasteiger partial charge in [-0.3, -0.25) is 9.59 Å². The van der Waals surface area contributed by atoms with Crippen molar-refractivity contribution in [2.45, 2.75) is 19.4 Å². The van der Waals surface area contributed by atoms with Gasteiger partial charge in [0.2, 0.25) is 0 Å². The molecule has 24 heavy (non-hydrogen) atoms. The number of nitrogens with one attached hydrogen (secondary N) is 2. The number of ether oxygens (including phenoxy) is 1. The lowest BCUT2D eigenvalue weighted by molar-refractivity contribution is -0.143. The number of carbonyl (C=O) groups is 2. The molecule has 1 atom stereocenters. The summed E-state index contributed by atoms with van der Waals surface area (Å²) in [6, 6.07) is 9.85. The minimum Gasteiger partial charge on any atom is -0.466 e. The zero-order chi connectivity index (χ0) is 17.5. The molecule has 0 saturated carbocycles. The normalized spacial score (nSPS) is 19.1. The Morgan fingerprint density at radius 1 is 1.21 bits per heavy atom. The van der Waals surface area contributed by atoms with E-state index in [1.54, 1.807) is 36.4 Å². The van der Waals surface area contributed by atoms with E-state index < -0.39 is 17.4 Å². The third kappa shape index (κ3) is 2.92. The number of anilines is 2. The van der Waals surface area contributed by atoms with Crippen molar-refractivity contribution in [3.63, 3.8) is 0 Å². The number of fused-ring (bicyclic) bond motifs is 1. The smallest absolute Gasteiger partial charge is 0.278 e. The summed E-state index contributed by atoms with van der Waals surface area (Å²) in [5, 5.41) is 6.39. The lowest BCUT2D eigenvalue weighted by Crippen LogP contribution is -2.56. The molecule has 0 saturated heterocycles. The molecular weight excluding hydrogens is 351 g/mol. The third-order valence-corrected chi connectivity index (χ3v) is 4.45. The highest BCUT2D eigenvalue weighted by molar-refractivity contribution is 6.31. The molecule has 2 N–H and O–H groups in total. The Hall–Kier alpha value is -2.24. The van der Waals surface area contributed by atoms with E-state index in [4.69, 9.17) is 27.9 Å². The number of hydrogen-bond donors (Lipinski definition) is 2. The fourth-order valence-corrected chi connectivity index (χ4v) is 2.61. The van der Waals surface area contributed by atoms with Crippen LogP contribution in [0.2, 0.25) is 10.0 Å². The summed E-state index contributed by atoms with van der Waals surface area (Å²) in [4.78, 5) is 25.0. The summed E-state index contributed by atoms with van der Waals surface area (Å²) in [6.07, 6.45) is 0. The molecule has 0 radical (unpaired) electrons. The standard InChI is InChI=1S/C17H14Cl2N2O3/c1-9-7-11(4-5-12(9)19)20-15(22)17(2)16(23)21-13-8-10(18)3-6-14(13)24-17/h3-8H,1-2H3,(H,20,22)(H,21,23). The molecule has 0 aliphatic carbocycles. The quantitative estimate of drug-likeness (QED) is 0.790. The molecule has 1 aliphatic heterocycles. The van der Waals surface area contributed by atoms with Crippen molar-refractivity contribution < 1.29 is 14.3 Å². The average Bonchev–Trinajstić information content (AvgIpc) is 2.52. The Balaban J connectivity index is 1.87. The van der Waals surface area contributed by atoms with Crippen LogP contribution in [0.4, 0.5) is 11.4 Å². The van der Waals surface area contributed by atoms with Crippen LogP contribution in [0.3, 0.4) is 0 Å². The number of amides is 2. The number of carbonyl (C=O) groups excluding carboxylic acids is 2. The highest BCUT2D eigenvalue weighted by Gasteiger charge is 2.47. The molecule has 124 valence electrons. The first kappa shape index (κ1) is 16.6. The molecule has 7 heteroatoms. The molecule has 1 heterocycles. The van der Waals surface area contributed by atoms with Crippen molar-refractivity contribution >= 4 is 46.4 Å². The van der Waals surface area contributed by atoms with E-state index >= 15 is 0 Å². The number of benzene rings is 2. The van der Waals surface area contributed by atoms with Crippen LogP contribution in [0.15, 0.2) is 36.4 Å². The van der Waals surface area contributed by atoms with Gasteiger partial charge in [-0.1, -0.05) is 23.2 Å². The molecular formula is C17H14Cl2N2O3. The molecule has 0 spiro atoms. The Labute approximate surface area is 148 Å². The van der Waals surface area contributed by atoms with Crippen molar-refractivity contribution in [3.05, 3.63) is 52.0 Å². The second kappa shape index (κ2) is 6.00. The van der Waals surface area contributed by atoms with Gasteiger partial charge in [0.1, 0.15) is 5.75 Å². The summed E-state index contributed by atoms with van der Waals surface area (Å²) in [5.41, 5.74) is 0.0733. The minimum atomic E-state index is -1.70. The topological polar surface area (TPSA) is 67.4 Å². The highest BCUT2D eigenvalue weighted by atomic mass is 35.5. The molecule has 2 amide bonds. The third-order valence-electron chi connectivity index (χ3n) is 3.79. The maximum absolute atomic E-state index is 12.6. The maximum Gasteiger partial charge on any atom is 0.278 e. The first-order valence-corrected chi connectivity index (χ1v) is 7.93. The molecule has 0 fully saturated rings.